The summed E-state index contributed by atoms with van der Waals surface area (Å²) in [6, 6.07) is 7.57. The van der Waals surface area contributed by atoms with Crippen LogP contribution in [-0.2, 0) is 9.53 Å². The van der Waals surface area contributed by atoms with E-state index in [-0.39, 0.29) is 5.91 Å². The fourth-order valence-electron chi connectivity index (χ4n) is 2.47. The summed E-state index contributed by atoms with van der Waals surface area (Å²) in [4.78, 5) is 27.6. The lowest BCUT2D eigenvalue weighted by Crippen LogP contribution is -2.47. The van der Waals surface area contributed by atoms with Crippen LogP contribution in [0.5, 0.6) is 0 Å². The van der Waals surface area contributed by atoms with Crippen LogP contribution in [-0.4, -0.2) is 28.1 Å². The highest BCUT2D eigenvalue weighted by molar-refractivity contribution is 6.07. The molecular formula is C17H21N3O3. The monoisotopic (exact) mass is 315 g/mol. The minimum atomic E-state index is -0.860. The van der Waals surface area contributed by atoms with E-state index in [2.05, 4.69) is 15.6 Å². The number of amides is 2. The highest BCUT2D eigenvalue weighted by atomic mass is 16.6. The molecule has 2 amide bonds. The molecule has 1 saturated carbocycles. The van der Waals surface area contributed by atoms with Crippen LogP contribution < -0.4 is 10.6 Å². The zero-order valence-electron chi connectivity index (χ0n) is 13.5. The van der Waals surface area contributed by atoms with Crippen LogP contribution in [0.15, 0.2) is 30.5 Å². The summed E-state index contributed by atoms with van der Waals surface area (Å²) in [6.07, 6.45) is 2.49. The van der Waals surface area contributed by atoms with Gasteiger partial charge in [-0.3, -0.25) is 4.79 Å². The van der Waals surface area contributed by atoms with Gasteiger partial charge in [-0.05, 0) is 51.8 Å². The molecule has 23 heavy (non-hydrogen) atoms. The molecule has 1 fully saturated rings. The van der Waals surface area contributed by atoms with Crippen LogP contribution in [0.25, 0.3) is 10.9 Å². The molecule has 3 N–H and O–H groups in total. The number of benzene rings is 1. The van der Waals surface area contributed by atoms with Gasteiger partial charge in [0.05, 0.1) is 5.69 Å². The van der Waals surface area contributed by atoms with E-state index in [1.54, 1.807) is 20.8 Å². The molecular weight excluding hydrogens is 294 g/mol. The Labute approximate surface area is 134 Å². The summed E-state index contributed by atoms with van der Waals surface area (Å²) in [6.45, 7) is 5.37. The maximum Gasteiger partial charge on any atom is 0.408 e. The predicted molar refractivity (Wildman–Crippen MR) is 88.3 cm³/mol. The second-order valence-corrected chi connectivity index (χ2v) is 6.91. The van der Waals surface area contributed by atoms with Crippen LogP contribution in [0.1, 0.15) is 33.6 Å². The molecule has 122 valence electrons. The van der Waals surface area contributed by atoms with Crippen LogP contribution in [0.4, 0.5) is 10.5 Å². The number of hydrogen-bond donors (Lipinski definition) is 3. The zero-order valence-corrected chi connectivity index (χ0v) is 13.5. The Kier molecular flexibility index (Phi) is 3.55. The fraction of sp³-hybridized carbons (Fsp3) is 0.412. The highest BCUT2D eigenvalue weighted by Gasteiger charge is 2.52. The standard InChI is InChI=1S/C17H21N3O3/c1-16(2,3)23-15(22)20-17(8-9-17)14(21)19-13-6-4-5-12-11(13)7-10-18-12/h4-7,10,18H,8-9H2,1-3H3,(H,19,21)(H,20,22). The minimum Gasteiger partial charge on any atom is -0.444 e. The average Bonchev–Trinajstić information content (AvgIpc) is 3.04. The second-order valence-electron chi connectivity index (χ2n) is 6.91. The summed E-state index contributed by atoms with van der Waals surface area (Å²) in [7, 11) is 0. The van der Waals surface area contributed by atoms with Gasteiger partial charge in [0.15, 0.2) is 0 Å². The van der Waals surface area contributed by atoms with E-state index in [1.807, 2.05) is 30.5 Å². The molecule has 0 saturated heterocycles. The third-order valence-electron chi connectivity index (χ3n) is 3.77. The molecule has 1 aromatic heterocycles. The van der Waals surface area contributed by atoms with Gasteiger partial charge in [0.1, 0.15) is 11.1 Å². The van der Waals surface area contributed by atoms with Crippen molar-refractivity contribution in [3.05, 3.63) is 30.5 Å². The number of anilines is 1. The number of fused-ring (bicyclic) bond motifs is 1. The van der Waals surface area contributed by atoms with Gasteiger partial charge < -0.3 is 20.4 Å². The number of aromatic amines is 1. The lowest BCUT2D eigenvalue weighted by molar-refractivity contribution is -0.119. The van der Waals surface area contributed by atoms with Gasteiger partial charge in [-0.25, -0.2) is 4.79 Å². The zero-order chi connectivity index (χ0) is 16.7. The molecule has 3 rings (SSSR count). The van der Waals surface area contributed by atoms with Crippen molar-refractivity contribution in [2.24, 2.45) is 0 Å². The molecule has 0 radical (unpaired) electrons. The molecule has 0 bridgehead atoms. The molecule has 2 aromatic rings. The van der Waals surface area contributed by atoms with Gasteiger partial charge in [0.2, 0.25) is 5.91 Å². The van der Waals surface area contributed by atoms with E-state index in [4.69, 9.17) is 4.74 Å². The summed E-state index contributed by atoms with van der Waals surface area (Å²) in [5.74, 6) is -0.211. The topological polar surface area (TPSA) is 83.2 Å². The number of carbonyl (C=O) groups is 2. The minimum absolute atomic E-state index is 0.211. The molecule has 6 nitrogen and oxygen atoms in total. The number of rotatable bonds is 3. The number of nitrogens with one attached hydrogen (secondary N) is 3. The van der Waals surface area contributed by atoms with Crippen molar-refractivity contribution in [3.63, 3.8) is 0 Å². The molecule has 1 aromatic carbocycles. The normalized spacial score (nSPS) is 16.0. The first kappa shape index (κ1) is 15.4. The van der Waals surface area contributed by atoms with E-state index in [0.717, 1.165) is 16.6 Å². The highest BCUT2D eigenvalue weighted by Crippen LogP contribution is 2.37. The summed E-state index contributed by atoms with van der Waals surface area (Å²) >= 11 is 0. The molecule has 1 aliphatic carbocycles. The number of carbonyl (C=O) groups excluding carboxylic acids is 2. The third kappa shape index (κ3) is 3.31. The Morgan fingerprint density at radius 3 is 2.61 bits per heavy atom. The maximum absolute atomic E-state index is 12.6. The molecule has 0 atom stereocenters. The average molecular weight is 315 g/mol. The molecule has 0 unspecified atom stereocenters. The second kappa shape index (κ2) is 5.30. The smallest absolute Gasteiger partial charge is 0.408 e. The third-order valence-corrected chi connectivity index (χ3v) is 3.77. The van der Waals surface area contributed by atoms with Gasteiger partial charge in [-0.15, -0.1) is 0 Å². The summed E-state index contributed by atoms with van der Waals surface area (Å²) in [5, 5.41) is 6.56. The molecule has 0 spiro atoms. The Balaban J connectivity index is 1.70. The van der Waals surface area contributed by atoms with Gasteiger partial charge in [-0.1, -0.05) is 6.07 Å². The first-order valence-electron chi connectivity index (χ1n) is 7.68. The molecule has 1 heterocycles. The Hall–Kier alpha value is -2.50. The summed E-state index contributed by atoms with van der Waals surface area (Å²) < 4.78 is 5.24. The molecule has 1 aliphatic rings. The number of hydrogen-bond acceptors (Lipinski definition) is 3. The largest absolute Gasteiger partial charge is 0.444 e. The Bertz CT molecular complexity index is 754. The van der Waals surface area contributed by atoms with Crippen molar-refractivity contribution in [2.75, 3.05) is 5.32 Å². The molecule has 0 aliphatic heterocycles. The van der Waals surface area contributed by atoms with Gasteiger partial charge in [0, 0.05) is 17.1 Å². The lowest BCUT2D eigenvalue weighted by Gasteiger charge is -2.23. The Morgan fingerprint density at radius 2 is 1.96 bits per heavy atom. The summed E-state index contributed by atoms with van der Waals surface area (Å²) in [5.41, 5.74) is 0.229. The fourth-order valence-corrected chi connectivity index (χ4v) is 2.47. The van der Waals surface area contributed by atoms with E-state index in [0.29, 0.717) is 12.8 Å². The van der Waals surface area contributed by atoms with Crippen molar-refractivity contribution < 1.29 is 14.3 Å². The first-order valence-corrected chi connectivity index (χ1v) is 7.68. The van der Waals surface area contributed by atoms with E-state index < -0.39 is 17.2 Å². The quantitative estimate of drug-likeness (QED) is 0.813. The van der Waals surface area contributed by atoms with Crippen LogP contribution in [0.3, 0.4) is 0 Å². The lowest BCUT2D eigenvalue weighted by atomic mass is 10.2. The SMILES string of the molecule is CC(C)(C)OC(=O)NC1(C(=O)Nc2cccc3[nH]ccc23)CC1. The van der Waals surface area contributed by atoms with Gasteiger partial charge in [0.25, 0.3) is 0 Å². The molecule has 6 heteroatoms. The number of alkyl carbamates (subject to hydrolysis) is 1. The van der Waals surface area contributed by atoms with Crippen molar-refractivity contribution in [1.29, 1.82) is 0 Å². The van der Waals surface area contributed by atoms with Crippen molar-refractivity contribution >= 4 is 28.6 Å². The van der Waals surface area contributed by atoms with Crippen molar-refractivity contribution in [3.8, 4) is 0 Å². The Morgan fingerprint density at radius 1 is 1.22 bits per heavy atom. The van der Waals surface area contributed by atoms with Crippen LogP contribution in [0.2, 0.25) is 0 Å². The number of aromatic nitrogens is 1. The number of H-pyrrole nitrogens is 1. The van der Waals surface area contributed by atoms with Crippen molar-refractivity contribution in [1.82, 2.24) is 10.3 Å². The van der Waals surface area contributed by atoms with Gasteiger partial charge in [-0.2, -0.15) is 0 Å². The van der Waals surface area contributed by atoms with Gasteiger partial charge >= 0.3 is 6.09 Å². The van der Waals surface area contributed by atoms with E-state index in [1.165, 1.54) is 0 Å². The van der Waals surface area contributed by atoms with Crippen molar-refractivity contribution in [2.45, 2.75) is 44.8 Å². The first-order chi connectivity index (χ1) is 10.8. The van der Waals surface area contributed by atoms with Crippen LogP contribution in [0, 0.1) is 0 Å². The van der Waals surface area contributed by atoms with Crippen LogP contribution >= 0.6 is 0 Å². The van der Waals surface area contributed by atoms with E-state index in [9.17, 15) is 9.59 Å². The predicted octanol–water partition coefficient (Wildman–Crippen LogP) is 3.16. The maximum atomic E-state index is 12.6. The number of ether oxygens (including phenoxy) is 1. The van der Waals surface area contributed by atoms with E-state index >= 15 is 0 Å².